The van der Waals surface area contributed by atoms with Gasteiger partial charge in [0.05, 0.1) is 5.60 Å². The van der Waals surface area contributed by atoms with Gasteiger partial charge in [0.1, 0.15) is 0 Å². The number of hydrogen-bond acceptors (Lipinski definition) is 3. The molecule has 2 heterocycles. The van der Waals surface area contributed by atoms with Crippen molar-refractivity contribution in [1.82, 2.24) is 8.61 Å². The first-order valence-corrected chi connectivity index (χ1v) is 8.77. The molecule has 0 aromatic heterocycles. The predicted octanol–water partition coefficient (Wildman–Crippen LogP) is 0.992. The van der Waals surface area contributed by atoms with Crippen molar-refractivity contribution in [2.24, 2.45) is 5.92 Å². The number of hydrogen-bond donors (Lipinski definition) is 1. The summed E-state index contributed by atoms with van der Waals surface area (Å²) in [5.74, 6) is 0.0611. The highest BCUT2D eigenvalue weighted by atomic mass is 32.2. The molecule has 6 heteroatoms. The van der Waals surface area contributed by atoms with Crippen LogP contribution in [0.2, 0.25) is 0 Å². The third kappa shape index (κ3) is 2.50. The average molecular weight is 310 g/mol. The molecule has 5 nitrogen and oxygen atoms in total. The van der Waals surface area contributed by atoms with Crippen molar-refractivity contribution in [1.29, 1.82) is 0 Å². The van der Waals surface area contributed by atoms with Gasteiger partial charge in [-0.15, -0.1) is 0 Å². The maximum Gasteiger partial charge on any atom is 0.282 e. The van der Waals surface area contributed by atoms with E-state index in [2.05, 4.69) is 6.07 Å². The highest BCUT2D eigenvalue weighted by molar-refractivity contribution is 7.86. The zero-order valence-corrected chi connectivity index (χ0v) is 13.3. The van der Waals surface area contributed by atoms with E-state index in [9.17, 15) is 13.5 Å². The Morgan fingerprint density at radius 1 is 1.14 bits per heavy atom. The smallest absolute Gasteiger partial charge is 0.282 e. The first-order valence-electron chi connectivity index (χ1n) is 7.37. The molecule has 0 amide bonds. The molecule has 1 N–H and O–H groups in total. The summed E-state index contributed by atoms with van der Waals surface area (Å²) in [6.45, 7) is 5.17. The van der Waals surface area contributed by atoms with Crippen molar-refractivity contribution in [2.75, 3.05) is 19.6 Å². The highest BCUT2D eigenvalue weighted by Crippen LogP contribution is 2.33. The van der Waals surface area contributed by atoms with E-state index in [1.165, 1.54) is 14.2 Å². The number of β-amino-alcohol motifs (C(OH)–C–C–N with tert-alkyl or cyclic N) is 1. The van der Waals surface area contributed by atoms with Crippen LogP contribution in [0.25, 0.3) is 0 Å². The summed E-state index contributed by atoms with van der Waals surface area (Å²) >= 11 is 0. The van der Waals surface area contributed by atoms with E-state index in [4.69, 9.17) is 0 Å². The molecule has 0 atom stereocenters. The number of fused-ring (bicyclic) bond motifs is 1. The van der Waals surface area contributed by atoms with Crippen molar-refractivity contribution in [3.63, 3.8) is 0 Å². The third-order valence-electron chi connectivity index (χ3n) is 4.72. The van der Waals surface area contributed by atoms with Crippen LogP contribution in [0, 0.1) is 5.92 Å². The van der Waals surface area contributed by atoms with E-state index in [1.54, 1.807) is 0 Å². The monoisotopic (exact) mass is 310 g/mol. The van der Waals surface area contributed by atoms with E-state index in [0.717, 1.165) is 12.0 Å². The fraction of sp³-hybridized carbons (Fsp3) is 0.600. The van der Waals surface area contributed by atoms with Crippen LogP contribution in [-0.4, -0.2) is 47.4 Å². The van der Waals surface area contributed by atoms with Crippen LogP contribution in [-0.2, 0) is 23.2 Å². The summed E-state index contributed by atoms with van der Waals surface area (Å²) in [6.07, 6.45) is 0.748. The lowest BCUT2D eigenvalue weighted by atomic mass is 9.85. The largest absolute Gasteiger partial charge is 0.387 e. The molecule has 3 rings (SSSR count). The molecule has 0 saturated carbocycles. The average Bonchev–Trinajstić information content (AvgIpc) is 2.43. The molecule has 2 aliphatic rings. The standard InChI is InChI=1S/C15H22N2O3S/c1-12(2)15(18)10-17(11-15)21(19,20)16-8-7-13-5-3-4-6-14(13)9-16/h3-6,12,18H,7-11H2,1-2H3. The summed E-state index contributed by atoms with van der Waals surface area (Å²) in [5, 5.41) is 10.3. The second kappa shape index (κ2) is 5.05. The molecule has 2 aliphatic heterocycles. The van der Waals surface area contributed by atoms with E-state index in [-0.39, 0.29) is 19.0 Å². The Morgan fingerprint density at radius 2 is 1.76 bits per heavy atom. The topological polar surface area (TPSA) is 60.9 Å². The molecule has 0 aliphatic carbocycles. The van der Waals surface area contributed by atoms with Gasteiger partial charge in [0, 0.05) is 26.2 Å². The molecular formula is C15H22N2O3S. The summed E-state index contributed by atoms with van der Waals surface area (Å²) < 4.78 is 28.2. The lowest BCUT2D eigenvalue weighted by molar-refractivity contribution is -0.0951. The van der Waals surface area contributed by atoms with Crippen LogP contribution in [0.15, 0.2) is 24.3 Å². The first-order chi connectivity index (χ1) is 9.83. The van der Waals surface area contributed by atoms with Crippen LogP contribution in [0.5, 0.6) is 0 Å². The van der Waals surface area contributed by atoms with Crippen molar-refractivity contribution in [3.05, 3.63) is 35.4 Å². The molecule has 0 radical (unpaired) electrons. The number of nitrogens with zero attached hydrogens (tertiary/aromatic N) is 2. The Morgan fingerprint density at radius 3 is 2.38 bits per heavy atom. The predicted molar refractivity (Wildman–Crippen MR) is 80.8 cm³/mol. The third-order valence-corrected chi connectivity index (χ3v) is 6.60. The van der Waals surface area contributed by atoms with E-state index in [1.807, 2.05) is 32.0 Å². The lowest BCUT2D eigenvalue weighted by Gasteiger charge is -2.49. The maximum atomic E-state index is 12.6. The quantitative estimate of drug-likeness (QED) is 0.906. The first kappa shape index (κ1) is 15.0. The second-order valence-electron chi connectivity index (χ2n) is 6.39. The molecule has 1 saturated heterocycles. The molecule has 0 bridgehead atoms. The Kier molecular flexibility index (Phi) is 3.60. The number of benzene rings is 1. The lowest BCUT2D eigenvalue weighted by Crippen LogP contribution is -2.67. The fourth-order valence-electron chi connectivity index (χ4n) is 2.92. The molecule has 1 aromatic carbocycles. The minimum Gasteiger partial charge on any atom is -0.387 e. The number of rotatable bonds is 3. The van der Waals surface area contributed by atoms with Crippen LogP contribution in [0.1, 0.15) is 25.0 Å². The normalized spacial score (nSPS) is 22.9. The van der Waals surface area contributed by atoms with E-state index < -0.39 is 15.8 Å². The summed E-state index contributed by atoms with van der Waals surface area (Å²) in [5.41, 5.74) is 1.43. The molecule has 0 unspecified atom stereocenters. The van der Waals surface area contributed by atoms with Gasteiger partial charge in [-0.05, 0) is 23.5 Å². The van der Waals surface area contributed by atoms with Gasteiger partial charge < -0.3 is 5.11 Å². The van der Waals surface area contributed by atoms with Gasteiger partial charge in [0.2, 0.25) is 0 Å². The van der Waals surface area contributed by atoms with Crippen LogP contribution in [0.4, 0.5) is 0 Å². The van der Waals surface area contributed by atoms with E-state index >= 15 is 0 Å². The van der Waals surface area contributed by atoms with Crippen LogP contribution in [0.3, 0.4) is 0 Å². The van der Waals surface area contributed by atoms with Crippen molar-refractivity contribution < 1.29 is 13.5 Å². The van der Waals surface area contributed by atoms with Gasteiger partial charge in [-0.3, -0.25) is 0 Å². The maximum absolute atomic E-state index is 12.6. The summed E-state index contributed by atoms with van der Waals surface area (Å²) in [7, 11) is -3.47. The molecule has 1 fully saturated rings. The van der Waals surface area contributed by atoms with E-state index in [0.29, 0.717) is 13.1 Å². The van der Waals surface area contributed by atoms with Gasteiger partial charge in [-0.2, -0.15) is 17.0 Å². The number of aliphatic hydroxyl groups is 1. The Balaban J connectivity index is 1.74. The van der Waals surface area contributed by atoms with Crippen molar-refractivity contribution >= 4 is 10.2 Å². The van der Waals surface area contributed by atoms with Crippen molar-refractivity contribution in [2.45, 2.75) is 32.4 Å². The molecule has 116 valence electrons. The zero-order valence-electron chi connectivity index (χ0n) is 12.5. The molecular weight excluding hydrogens is 288 g/mol. The SMILES string of the molecule is CC(C)C1(O)CN(S(=O)(=O)N2CCc3ccccc3C2)C1. The van der Waals surface area contributed by atoms with Crippen molar-refractivity contribution in [3.8, 4) is 0 Å². The van der Waals surface area contributed by atoms with Gasteiger partial charge in [-0.1, -0.05) is 38.1 Å². The van der Waals surface area contributed by atoms with Gasteiger partial charge in [0.25, 0.3) is 10.2 Å². The molecule has 1 aromatic rings. The second-order valence-corrected chi connectivity index (χ2v) is 8.31. The zero-order chi connectivity index (χ0) is 15.3. The fourth-order valence-corrected chi connectivity index (χ4v) is 4.65. The minimum absolute atomic E-state index is 0.0611. The summed E-state index contributed by atoms with van der Waals surface area (Å²) in [6, 6.07) is 7.97. The Labute approximate surface area is 126 Å². The highest BCUT2D eigenvalue weighted by Gasteiger charge is 2.50. The van der Waals surface area contributed by atoms with Gasteiger partial charge in [-0.25, -0.2) is 0 Å². The van der Waals surface area contributed by atoms with Gasteiger partial charge >= 0.3 is 0 Å². The Bertz CT molecular complexity index is 636. The minimum atomic E-state index is -3.47. The van der Waals surface area contributed by atoms with Gasteiger partial charge in [0.15, 0.2) is 0 Å². The summed E-state index contributed by atoms with van der Waals surface area (Å²) in [4.78, 5) is 0. The molecule has 0 spiro atoms. The molecule has 21 heavy (non-hydrogen) atoms. The Hall–Kier alpha value is -0.950. The van der Waals surface area contributed by atoms with Crippen LogP contribution >= 0.6 is 0 Å². The van der Waals surface area contributed by atoms with Crippen LogP contribution < -0.4 is 0 Å².